The van der Waals surface area contributed by atoms with E-state index in [-0.39, 0.29) is 5.75 Å². The molecule has 2 atom stereocenters. The van der Waals surface area contributed by atoms with E-state index in [4.69, 9.17) is 4.74 Å². The second-order valence-corrected chi connectivity index (χ2v) is 10.9. The first-order valence-corrected chi connectivity index (χ1v) is 14.1. The number of benzene rings is 4. The van der Waals surface area contributed by atoms with Gasteiger partial charge >= 0.3 is 154 Å². The molecule has 0 bridgehead atoms. The molecule has 0 aromatic heterocycles. The van der Waals surface area contributed by atoms with Crippen LogP contribution in [0.1, 0.15) is 36.8 Å². The first kappa shape index (κ1) is 26.5. The zero-order valence-electron chi connectivity index (χ0n) is 21.4. The van der Waals surface area contributed by atoms with Crippen molar-refractivity contribution in [3.05, 3.63) is 114 Å². The number of aromatic hydroxyl groups is 2. The van der Waals surface area contributed by atoms with Crippen LogP contribution in [-0.4, -0.2) is 41.9 Å². The second kappa shape index (κ2) is 12.7. The van der Waals surface area contributed by atoms with E-state index in [1.165, 1.54) is 37.8 Å². The Balaban J connectivity index is 0.000000186. The number of phenols is 2. The van der Waals surface area contributed by atoms with E-state index >= 15 is 0 Å². The monoisotopic (exact) mass is 562 g/mol. The quantitative estimate of drug-likeness (QED) is 0.325. The Bertz CT molecular complexity index is 1390. The summed E-state index contributed by atoms with van der Waals surface area (Å²) in [6.07, 6.45) is 9.04. The van der Waals surface area contributed by atoms with Crippen LogP contribution < -0.4 is 9.84 Å². The van der Waals surface area contributed by atoms with Crippen molar-refractivity contribution < 1.29 is 42.6 Å². The molecule has 4 aromatic rings. The van der Waals surface area contributed by atoms with Crippen molar-refractivity contribution in [2.45, 2.75) is 37.8 Å². The summed E-state index contributed by atoms with van der Waals surface area (Å²) in [4.78, 5) is 0. The molecule has 0 spiro atoms. The normalized spacial score (nSPS) is 20.2. The third-order valence-electron chi connectivity index (χ3n) is 6.70. The Morgan fingerprint density at radius 1 is 0.641 bits per heavy atom. The number of nitrogens with zero attached hydrogens (tertiary/aromatic N) is 2. The number of hydrogen-bond acceptors (Lipinski definition) is 4. The number of rotatable bonds is 4. The van der Waals surface area contributed by atoms with Crippen molar-refractivity contribution in [1.29, 1.82) is 0 Å². The molecule has 1 saturated heterocycles. The van der Waals surface area contributed by atoms with Gasteiger partial charge in [-0.25, -0.2) is 0 Å². The largest absolute Gasteiger partial charge is 0.872 e. The molecule has 2 N–H and O–H groups in total. The molecule has 2 aliphatic rings. The van der Waals surface area contributed by atoms with Crippen molar-refractivity contribution in [2.24, 2.45) is 0 Å². The van der Waals surface area contributed by atoms with Crippen LogP contribution in [0.25, 0.3) is 0 Å². The van der Waals surface area contributed by atoms with Gasteiger partial charge in [-0.15, -0.1) is 5.75 Å². The molecule has 6 rings (SSSR count). The zero-order valence-corrected chi connectivity index (χ0v) is 22.6. The SMILES string of the molecule is Oc1ccccc1C=[N+]1[Mn][N+](=Cc2ccccc2O)C2CCCCC21.[O-]c1ccc(Oc2ccccc2)cc1. The molecular weight excluding hydrogens is 531 g/mol. The zero-order chi connectivity index (χ0) is 27.0. The van der Waals surface area contributed by atoms with Crippen LogP contribution in [0.5, 0.6) is 28.7 Å². The molecule has 7 heteroatoms. The van der Waals surface area contributed by atoms with Crippen LogP contribution in [0.15, 0.2) is 103 Å². The number of fused-ring (bicyclic) bond motifs is 1. The Morgan fingerprint density at radius 2 is 1.10 bits per heavy atom. The van der Waals surface area contributed by atoms with Gasteiger partial charge in [0.15, 0.2) is 0 Å². The smallest absolute Gasteiger partial charge is 0.127 e. The predicted molar refractivity (Wildman–Crippen MR) is 146 cm³/mol. The average molecular weight is 563 g/mol. The molecule has 1 heterocycles. The maximum atomic E-state index is 10.8. The molecule has 1 aliphatic heterocycles. The van der Waals surface area contributed by atoms with E-state index in [1.54, 1.807) is 24.3 Å². The topological polar surface area (TPSA) is 78.8 Å². The first-order chi connectivity index (χ1) is 19.1. The van der Waals surface area contributed by atoms with Crippen molar-refractivity contribution in [2.75, 3.05) is 0 Å². The molecule has 0 amide bonds. The second-order valence-electron chi connectivity index (χ2n) is 9.45. The molecule has 2 unspecified atom stereocenters. The van der Waals surface area contributed by atoms with Gasteiger partial charge in [-0.3, -0.25) is 0 Å². The standard InChI is InChI=1S/C20H22N2O2.C12H10O2.Mn/c23-19-11-5-1-7-15(19)13-21-17-9-3-4-10-18(17)22-14-16-8-2-6-12-20(16)24;13-10-6-8-12(9-7-10)14-11-4-2-1-3-5-11;/h1-2,5-8,11-14,17-18,23-24H,3-4,9-10H2;1-9,13H;/q;;+2/p-1. The van der Waals surface area contributed by atoms with Crippen LogP contribution in [-0.2, 0) is 15.4 Å². The molecule has 0 radical (unpaired) electrons. The van der Waals surface area contributed by atoms with Gasteiger partial charge in [0.25, 0.3) is 0 Å². The van der Waals surface area contributed by atoms with Gasteiger partial charge in [0.1, 0.15) is 11.5 Å². The van der Waals surface area contributed by atoms with Crippen LogP contribution in [0.2, 0.25) is 0 Å². The fraction of sp³-hybridized carbons (Fsp3) is 0.188. The number of ether oxygens (including phenoxy) is 1. The summed E-state index contributed by atoms with van der Waals surface area (Å²) in [5, 5.41) is 31.0. The Labute approximate surface area is 235 Å². The first-order valence-electron chi connectivity index (χ1n) is 13.0. The average Bonchev–Trinajstić information content (AvgIpc) is 3.30. The van der Waals surface area contributed by atoms with Crippen molar-refractivity contribution in [1.82, 2.24) is 0 Å². The summed E-state index contributed by atoms with van der Waals surface area (Å²) in [5.41, 5.74) is 1.73. The fourth-order valence-corrected chi connectivity index (χ4v) is 6.55. The Morgan fingerprint density at radius 3 is 1.62 bits per heavy atom. The van der Waals surface area contributed by atoms with E-state index in [1.807, 2.05) is 66.7 Å². The Kier molecular flexibility index (Phi) is 8.61. The summed E-state index contributed by atoms with van der Waals surface area (Å²) >= 11 is 0.446. The number of para-hydroxylation sites is 3. The van der Waals surface area contributed by atoms with Gasteiger partial charge < -0.3 is 9.84 Å². The Hall–Kier alpha value is -4.06. The van der Waals surface area contributed by atoms with Gasteiger partial charge in [0.2, 0.25) is 0 Å². The van der Waals surface area contributed by atoms with E-state index in [0.717, 1.165) is 16.9 Å². The fourth-order valence-electron chi connectivity index (χ4n) is 4.71. The molecule has 39 heavy (non-hydrogen) atoms. The third-order valence-corrected chi connectivity index (χ3v) is 8.34. The maximum absolute atomic E-state index is 10.8. The third kappa shape index (κ3) is 6.88. The van der Waals surface area contributed by atoms with Crippen LogP contribution in [0.3, 0.4) is 0 Å². The summed E-state index contributed by atoms with van der Waals surface area (Å²) in [7, 11) is 0. The van der Waals surface area contributed by atoms with E-state index in [0.29, 0.717) is 44.7 Å². The molecule has 2 fully saturated rings. The molecule has 4 aromatic carbocycles. The molecule has 1 saturated carbocycles. The van der Waals surface area contributed by atoms with Gasteiger partial charge in [0.05, 0.1) is 0 Å². The minimum absolute atomic E-state index is 0.00888. The summed E-state index contributed by atoms with van der Waals surface area (Å²) in [6, 6.07) is 31.7. The minimum atomic E-state index is -0.00888. The van der Waals surface area contributed by atoms with Crippen molar-refractivity contribution >= 4 is 12.4 Å². The number of hydrogen-bond donors (Lipinski definition) is 2. The van der Waals surface area contributed by atoms with Crippen molar-refractivity contribution in [3.8, 4) is 28.7 Å². The van der Waals surface area contributed by atoms with Gasteiger partial charge in [-0.1, -0.05) is 30.3 Å². The summed E-state index contributed by atoms with van der Waals surface area (Å²) in [5.74, 6) is 2.08. The van der Waals surface area contributed by atoms with Crippen LogP contribution in [0, 0.1) is 0 Å². The number of phenolic OH excluding ortho intramolecular Hbond substituents is 2. The van der Waals surface area contributed by atoms with Gasteiger partial charge in [-0.05, 0) is 24.3 Å². The van der Waals surface area contributed by atoms with Crippen LogP contribution in [0.4, 0.5) is 0 Å². The molecule has 199 valence electrons. The maximum Gasteiger partial charge on any atom is 0.127 e. The van der Waals surface area contributed by atoms with Gasteiger partial charge in [-0.2, -0.15) is 0 Å². The van der Waals surface area contributed by atoms with E-state index in [2.05, 4.69) is 19.6 Å². The molecule has 6 nitrogen and oxygen atoms in total. The predicted octanol–water partition coefficient (Wildman–Crippen LogP) is 5.45. The van der Waals surface area contributed by atoms with E-state index in [9.17, 15) is 15.3 Å². The minimum Gasteiger partial charge on any atom is -0.872 e. The van der Waals surface area contributed by atoms with Gasteiger partial charge in [0, 0.05) is 0 Å². The van der Waals surface area contributed by atoms with E-state index < -0.39 is 0 Å². The summed E-state index contributed by atoms with van der Waals surface area (Å²) < 4.78 is 10.2. The summed E-state index contributed by atoms with van der Waals surface area (Å²) in [6.45, 7) is 0. The molecule has 1 aliphatic carbocycles. The van der Waals surface area contributed by atoms with Crippen molar-refractivity contribution in [3.63, 3.8) is 0 Å². The molecular formula is C32H31MnN2O4+. The van der Waals surface area contributed by atoms with Crippen LogP contribution >= 0.6 is 0 Å².